The summed E-state index contributed by atoms with van der Waals surface area (Å²) >= 11 is 6.75. The molecule has 8 heteroatoms. The maximum absolute atomic E-state index is 13.3. The quantitative estimate of drug-likeness (QED) is 0.403. The lowest BCUT2D eigenvalue weighted by atomic mass is 9.96. The van der Waals surface area contributed by atoms with E-state index in [9.17, 15) is 8.42 Å². The summed E-state index contributed by atoms with van der Waals surface area (Å²) in [5.41, 5.74) is 0.720. The smallest absolute Gasteiger partial charge is 0.234 e. The number of nitrogens with one attached hydrogen (secondary N) is 1. The maximum Gasteiger partial charge on any atom is 0.234 e. The molecule has 3 aromatic rings. The summed E-state index contributed by atoms with van der Waals surface area (Å²) in [6, 6.07) is 14.2. The summed E-state index contributed by atoms with van der Waals surface area (Å²) < 4.78 is 34.3. The van der Waals surface area contributed by atoms with Crippen LogP contribution in [0.1, 0.15) is 32.1 Å². The number of hydrogen-bond acceptors (Lipinski definition) is 5. The van der Waals surface area contributed by atoms with Crippen molar-refractivity contribution in [3.63, 3.8) is 0 Å². The number of sulfone groups is 1. The maximum atomic E-state index is 13.3. The molecule has 1 heterocycles. The Balaban J connectivity index is 1.77. The number of nitrogens with zero attached hydrogens (tertiary/aromatic N) is 1. The molecule has 1 saturated carbocycles. The van der Waals surface area contributed by atoms with Gasteiger partial charge in [0, 0.05) is 20.6 Å². The first-order valence-corrected chi connectivity index (χ1v) is 12.5. The Bertz CT molecular complexity index is 1090. The Kier molecular flexibility index (Phi) is 6.13. The largest absolute Gasteiger partial charge is 0.419 e. The molecule has 0 saturated heterocycles. The van der Waals surface area contributed by atoms with E-state index in [-0.39, 0.29) is 27.7 Å². The van der Waals surface area contributed by atoms with Crippen molar-refractivity contribution in [1.82, 2.24) is 4.98 Å². The molecule has 0 spiro atoms. The second-order valence-corrected chi connectivity index (χ2v) is 10.8. The van der Waals surface area contributed by atoms with Gasteiger partial charge in [0.15, 0.2) is 0 Å². The van der Waals surface area contributed by atoms with Crippen molar-refractivity contribution in [1.29, 1.82) is 0 Å². The average molecular weight is 540 g/mol. The zero-order chi connectivity index (χ0) is 20.4. The van der Waals surface area contributed by atoms with Crippen LogP contribution in [-0.2, 0) is 9.84 Å². The molecule has 1 N–H and O–H groups in total. The molecule has 0 atom stereocenters. The van der Waals surface area contributed by atoms with Gasteiger partial charge in [-0.1, -0.05) is 51.1 Å². The summed E-state index contributed by atoms with van der Waals surface area (Å²) in [5.74, 6) is 0.504. The van der Waals surface area contributed by atoms with Gasteiger partial charge in [-0.3, -0.25) is 0 Å². The fourth-order valence-corrected chi connectivity index (χ4v) is 5.25. The molecule has 0 aliphatic heterocycles. The second-order valence-electron chi connectivity index (χ2n) is 7.10. The van der Waals surface area contributed by atoms with E-state index in [4.69, 9.17) is 4.42 Å². The van der Waals surface area contributed by atoms with E-state index in [0.717, 1.165) is 40.2 Å². The van der Waals surface area contributed by atoms with Gasteiger partial charge in [-0.25, -0.2) is 8.42 Å². The average Bonchev–Trinajstić information content (AvgIpc) is 3.14. The molecule has 1 fully saturated rings. The molecule has 29 heavy (non-hydrogen) atoms. The molecule has 0 bridgehead atoms. The molecule has 1 aliphatic carbocycles. The van der Waals surface area contributed by atoms with E-state index in [1.165, 1.54) is 6.42 Å². The molecular formula is C21H20Br2N2O3S. The van der Waals surface area contributed by atoms with Crippen LogP contribution in [0.3, 0.4) is 0 Å². The lowest BCUT2D eigenvalue weighted by Crippen LogP contribution is -2.23. The van der Waals surface area contributed by atoms with Crippen molar-refractivity contribution in [3.8, 4) is 11.5 Å². The first-order chi connectivity index (χ1) is 13.9. The Morgan fingerprint density at radius 3 is 2.10 bits per heavy atom. The minimum atomic E-state index is -3.83. The van der Waals surface area contributed by atoms with Crippen LogP contribution in [-0.4, -0.2) is 19.4 Å². The lowest BCUT2D eigenvalue weighted by Gasteiger charge is -2.22. The molecule has 5 nitrogen and oxygen atoms in total. The molecule has 152 valence electrons. The van der Waals surface area contributed by atoms with Crippen molar-refractivity contribution in [2.24, 2.45) is 0 Å². The predicted molar refractivity (Wildman–Crippen MR) is 120 cm³/mol. The summed E-state index contributed by atoms with van der Waals surface area (Å²) in [6.07, 6.45) is 5.45. The van der Waals surface area contributed by atoms with Crippen molar-refractivity contribution < 1.29 is 12.8 Å². The highest BCUT2D eigenvalue weighted by Crippen LogP contribution is 2.34. The molecular weight excluding hydrogens is 520 g/mol. The van der Waals surface area contributed by atoms with Crippen LogP contribution >= 0.6 is 31.9 Å². The SMILES string of the molecule is O=S(=O)(c1ccc(Br)cc1)c1nc(-c2ccc(Br)cc2)oc1NC1CCCCC1. The van der Waals surface area contributed by atoms with Gasteiger partial charge >= 0.3 is 0 Å². The third-order valence-corrected chi connectivity index (χ3v) is 7.74. The van der Waals surface area contributed by atoms with Crippen LogP contribution in [0.4, 0.5) is 5.88 Å². The molecule has 0 unspecified atom stereocenters. The first kappa shape index (κ1) is 20.6. The van der Waals surface area contributed by atoms with Gasteiger partial charge in [-0.2, -0.15) is 4.98 Å². The van der Waals surface area contributed by atoms with Crippen LogP contribution in [0.5, 0.6) is 0 Å². The van der Waals surface area contributed by atoms with E-state index < -0.39 is 9.84 Å². The first-order valence-electron chi connectivity index (χ1n) is 9.47. The highest BCUT2D eigenvalue weighted by Gasteiger charge is 2.30. The second kappa shape index (κ2) is 8.62. The number of benzene rings is 2. The van der Waals surface area contributed by atoms with Crippen molar-refractivity contribution in [2.45, 2.75) is 48.1 Å². The van der Waals surface area contributed by atoms with Gasteiger partial charge in [0.2, 0.25) is 26.6 Å². The van der Waals surface area contributed by atoms with Crippen LogP contribution in [0.25, 0.3) is 11.5 Å². The third-order valence-electron chi connectivity index (χ3n) is 5.01. The van der Waals surface area contributed by atoms with Gasteiger partial charge in [0.05, 0.1) is 4.90 Å². The molecule has 1 aromatic heterocycles. The number of oxazole rings is 1. The van der Waals surface area contributed by atoms with Gasteiger partial charge in [-0.05, 0) is 61.4 Å². The topological polar surface area (TPSA) is 72.2 Å². The van der Waals surface area contributed by atoms with Crippen LogP contribution < -0.4 is 5.32 Å². The molecule has 0 radical (unpaired) electrons. The summed E-state index contributed by atoms with van der Waals surface area (Å²) in [6.45, 7) is 0. The zero-order valence-corrected chi connectivity index (χ0v) is 19.6. The third kappa shape index (κ3) is 4.59. The van der Waals surface area contributed by atoms with Gasteiger partial charge < -0.3 is 9.73 Å². The lowest BCUT2D eigenvalue weighted by molar-refractivity contribution is 0.450. The number of hydrogen-bond donors (Lipinski definition) is 1. The van der Waals surface area contributed by atoms with Gasteiger partial charge in [-0.15, -0.1) is 0 Å². The van der Waals surface area contributed by atoms with E-state index in [2.05, 4.69) is 42.2 Å². The fraction of sp³-hybridized carbons (Fsp3) is 0.286. The van der Waals surface area contributed by atoms with Gasteiger partial charge in [0.1, 0.15) is 0 Å². The highest BCUT2D eigenvalue weighted by atomic mass is 79.9. The van der Waals surface area contributed by atoms with E-state index in [1.54, 1.807) is 24.3 Å². The Labute approximate surface area is 187 Å². The summed E-state index contributed by atoms with van der Waals surface area (Å²) in [4.78, 5) is 4.59. The van der Waals surface area contributed by atoms with Crippen molar-refractivity contribution in [3.05, 3.63) is 57.5 Å². The zero-order valence-electron chi connectivity index (χ0n) is 15.6. The Morgan fingerprint density at radius 1 is 0.897 bits per heavy atom. The van der Waals surface area contributed by atoms with Gasteiger partial charge in [0.25, 0.3) is 0 Å². The number of halogens is 2. The molecule has 0 amide bonds. The number of rotatable bonds is 5. The standard InChI is InChI=1S/C21H20Br2N2O3S/c22-15-8-6-14(7-9-15)19-25-21(20(28-19)24-17-4-2-1-3-5-17)29(26,27)18-12-10-16(23)11-13-18/h6-13,17,24H,1-5H2. The minimum absolute atomic E-state index is 0.0664. The summed E-state index contributed by atoms with van der Waals surface area (Å²) in [7, 11) is -3.83. The predicted octanol–water partition coefficient (Wildman–Crippen LogP) is 6.44. The molecule has 4 rings (SSSR count). The highest BCUT2D eigenvalue weighted by molar-refractivity contribution is 9.10. The number of aromatic nitrogens is 1. The van der Waals surface area contributed by atoms with E-state index in [1.807, 2.05) is 24.3 Å². The molecule has 2 aromatic carbocycles. The minimum Gasteiger partial charge on any atom is -0.419 e. The van der Waals surface area contributed by atoms with Crippen molar-refractivity contribution >= 4 is 47.6 Å². The number of anilines is 1. The van der Waals surface area contributed by atoms with Crippen molar-refractivity contribution in [2.75, 3.05) is 5.32 Å². The van der Waals surface area contributed by atoms with E-state index >= 15 is 0 Å². The normalized spacial score (nSPS) is 15.4. The monoisotopic (exact) mass is 538 g/mol. The summed E-state index contributed by atoms with van der Waals surface area (Å²) in [5, 5.41) is 3.25. The van der Waals surface area contributed by atoms with E-state index in [0.29, 0.717) is 0 Å². The fourth-order valence-electron chi connectivity index (χ4n) is 3.45. The van der Waals surface area contributed by atoms with Crippen LogP contribution in [0.15, 0.2) is 71.8 Å². The Morgan fingerprint density at radius 2 is 1.48 bits per heavy atom. The Hall–Kier alpha value is -1.64. The van der Waals surface area contributed by atoms with Crippen LogP contribution in [0.2, 0.25) is 0 Å². The van der Waals surface area contributed by atoms with Crippen LogP contribution in [0, 0.1) is 0 Å². The molecule has 1 aliphatic rings.